The maximum Gasteiger partial charge on any atom is 0.326 e. The molecule has 3 rings (SSSR count). The highest BCUT2D eigenvalue weighted by atomic mass is 16.5. The molecule has 6 heteroatoms. The van der Waals surface area contributed by atoms with E-state index >= 15 is 0 Å². The van der Waals surface area contributed by atoms with Gasteiger partial charge in [0.15, 0.2) is 6.10 Å². The largest absolute Gasteiger partial charge is 0.451 e. The second-order valence-electron chi connectivity index (χ2n) is 7.63. The number of nitrogens with one attached hydrogen (secondary N) is 2. The summed E-state index contributed by atoms with van der Waals surface area (Å²) in [7, 11) is 0. The first-order chi connectivity index (χ1) is 14.0. The summed E-state index contributed by atoms with van der Waals surface area (Å²) in [6.45, 7) is 1.88. The number of rotatable bonds is 7. The molecule has 0 radical (unpaired) electrons. The highest BCUT2D eigenvalue weighted by molar-refractivity contribution is 5.99. The molecule has 1 aliphatic carbocycles. The van der Waals surface area contributed by atoms with Gasteiger partial charge in [-0.1, -0.05) is 49.6 Å². The van der Waals surface area contributed by atoms with Crippen LogP contribution >= 0.6 is 0 Å². The van der Waals surface area contributed by atoms with Crippen LogP contribution in [0.4, 0.5) is 0 Å². The van der Waals surface area contributed by atoms with Gasteiger partial charge in [-0.2, -0.15) is 0 Å². The summed E-state index contributed by atoms with van der Waals surface area (Å²) in [4.78, 5) is 36.4. The number of carbonyl (C=O) groups excluding carboxylic acids is 3. The van der Waals surface area contributed by atoms with Gasteiger partial charge in [0.05, 0.1) is 0 Å². The van der Waals surface area contributed by atoms with Gasteiger partial charge in [-0.3, -0.25) is 14.4 Å². The van der Waals surface area contributed by atoms with Gasteiger partial charge in [0.1, 0.15) is 6.54 Å². The van der Waals surface area contributed by atoms with E-state index in [9.17, 15) is 14.4 Å². The number of amides is 2. The Balaban J connectivity index is 1.42. The van der Waals surface area contributed by atoms with Crippen LogP contribution in [0.5, 0.6) is 0 Å². The molecule has 0 aromatic heterocycles. The van der Waals surface area contributed by atoms with E-state index < -0.39 is 12.1 Å². The van der Waals surface area contributed by atoms with Crippen molar-refractivity contribution >= 4 is 28.6 Å². The molecule has 2 amide bonds. The number of carbonyl (C=O) groups is 3. The first-order valence-corrected chi connectivity index (χ1v) is 10.3. The molecule has 29 heavy (non-hydrogen) atoms. The molecule has 1 saturated carbocycles. The van der Waals surface area contributed by atoms with E-state index in [0.29, 0.717) is 18.0 Å². The predicted octanol–water partition coefficient (Wildman–Crippen LogP) is 3.20. The number of ether oxygens (including phenoxy) is 1. The van der Waals surface area contributed by atoms with Gasteiger partial charge in [0.25, 0.3) is 11.8 Å². The Morgan fingerprint density at radius 3 is 2.48 bits per heavy atom. The van der Waals surface area contributed by atoms with Crippen LogP contribution in [0.25, 0.3) is 10.8 Å². The van der Waals surface area contributed by atoms with E-state index in [1.54, 1.807) is 19.1 Å². The molecule has 1 aliphatic rings. The van der Waals surface area contributed by atoms with E-state index in [0.717, 1.165) is 23.6 Å². The van der Waals surface area contributed by atoms with Crippen LogP contribution in [0.2, 0.25) is 0 Å². The van der Waals surface area contributed by atoms with Gasteiger partial charge in [-0.15, -0.1) is 0 Å². The number of hydrogen-bond donors (Lipinski definition) is 2. The van der Waals surface area contributed by atoms with Gasteiger partial charge < -0.3 is 15.4 Å². The molecule has 0 heterocycles. The summed E-state index contributed by atoms with van der Waals surface area (Å²) < 4.78 is 5.14. The quantitative estimate of drug-likeness (QED) is 0.704. The lowest BCUT2D eigenvalue weighted by Crippen LogP contribution is -2.40. The summed E-state index contributed by atoms with van der Waals surface area (Å²) in [6, 6.07) is 13.1. The molecule has 0 spiro atoms. The smallest absolute Gasteiger partial charge is 0.326 e. The van der Waals surface area contributed by atoms with E-state index in [2.05, 4.69) is 10.6 Å². The molecule has 1 atom stereocenters. The Morgan fingerprint density at radius 1 is 1.00 bits per heavy atom. The first kappa shape index (κ1) is 20.8. The van der Waals surface area contributed by atoms with Gasteiger partial charge in [-0.25, -0.2) is 0 Å². The zero-order chi connectivity index (χ0) is 20.6. The lowest BCUT2D eigenvalue weighted by molar-refractivity contribution is -0.153. The maximum absolute atomic E-state index is 12.3. The lowest BCUT2D eigenvalue weighted by atomic mass is 9.89. The minimum Gasteiger partial charge on any atom is -0.451 e. The van der Waals surface area contributed by atoms with Crippen molar-refractivity contribution in [2.45, 2.75) is 45.1 Å². The molecule has 0 bridgehead atoms. The van der Waals surface area contributed by atoms with Crippen molar-refractivity contribution in [2.75, 3.05) is 13.1 Å². The van der Waals surface area contributed by atoms with E-state index in [-0.39, 0.29) is 18.4 Å². The van der Waals surface area contributed by atoms with Crippen molar-refractivity contribution in [3.8, 4) is 0 Å². The van der Waals surface area contributed by atoms with Crippen LogP contribution < -0.4 is 10.6 Å². The van der Waals surface area contributed by atoms with Gasteiger partial charge in [0.2, 0.25) is 0 Å². The third-order valence-corrected chi connectivity index (χ3v) is 5.37. The molecular formula is C23H28N2O4. The van der Waals surface area contributed by atoms with Crippen LogP contribution in [0.3, 0.4) is 0 Å². The Kier molecular flexibility index (Phi) is 7.22. The number of esters is 1. The topological polar surface area (TPSA) is 84.5 Å². The molecule has 2 aromatic rings. The molecule has 0 saturated heterocycles. The molecule has 0 aliphatic heterocycles. The second-order valence-corrected chi connectivity index (χ2v) is 7.63. The highest BCUT2D eigenvalue weighted by Gasteiger charge is 2.20. The van der Waals surface area contributed by atoms with Gasteiger partial charge in [0, 0.05) is 12.1 Å². The Morgan fingerprint density at radius 2 is 1.72 bits per heavy atom. The summed E-state index contributed by atoms with van der Waals surface area (Å²) in [5, 5.41) is 7.40. The Bertz CT molecular complexity index is 874. The lowest BCUT2D eigenvalue weighted by Gasteiger charge is -2.22. The van der Waals surface area contributed by atoms with Crippen LogP contribution in [-0.4, -0.2) is 37.0 Å². The zero-order valence-electron chi connectivity index (χ0n) is 16.8. The number of benzene rings is 2. The maximum atomic E-state index is 12.3. The SMILES string of the molecule is C[C@H](OC(=O)CNC(=O)c1ccc2ccccc2c1)C(=O)NCC1CCCCC1. The van der Waals surface area contributed by atoms with Gasteiger partial charge >= 0.3 is 5.97 Å². The van der Waals surface area contributed by atoms with Gasteiger partial charge in [-0.05, 0) is 48.6 Å². The van der Waals surface area contributed by atoms with Crippen LogP contribution in [-0.2, 0) is 14.3 Å². The molecular weight excluding hydrogens is 368 g/mol. The summed E-state index contributed by atoms with van der Waals surface area (Å²) in [5.41, 5.74) is 0.467. The molecule has 1 fully saturated rings. The number of hydrogen-bond acceptors (Lipinski definition) is 4. The fraction of sp³-hybridized carbons (Fsp3) is 0.435. The molecule has 0 unspecified atom stereocenters. The van der Waals surface area contributed by atoms with E-state index in [4.69, 9.17) is 4.74 Å². The predicted molar refractivity (Wildman–Crippen MR) is 111 cm³/mol. The molecule has 154 valence electrons. The highest BCUT2D eigenvalue weighted by Crippen LogP contribution is 2.22. The molecule has 2 N–H and O–H groups in total. The first-order valence-electron chi connectivity index (χ1n) is 10.3. The zero-order valence-corrected chi connectivity index (χ0v) is 16.8. The normalized spacial score (nSPS) is 15.5. The third kappa shape index (κ3) is 6.04. The van der Waals surface area contributed by atoms with Crippen molar-refractivity contribution in [3.05, 3.63) is 48.0 Å². The Hall–Kier alpha value is -2.89. The monoisotopic (exact) mass is 396 g/mol. The minimum absolute atomic E-state index is 0.286. The van der Waals surface area contributed by atoms with Crippen molar-refractivity contribution in [3.63, 3.8) is 0 Å². The molecule has 2 aromatic carbocycles. The average molecular weight is 396 g/mol. The van der Waals surface area contributed by atoms with Crippen molar-refractivity contribution < 1.29 is 19.1 Å². The van der Waals surface area contributed by atoms with Crippen molar-refractivity contribution in [1.29, 1.82) is 0 Å². The third-order valence-electron chi connectivity index (χ3n) is 5.37. The van der Waals surface area contributed by atoms with E-state index in [1.165, 1.54) is 19.3 Å². The summed E-state index contributed by atoms with van der Waals surface area (Å²) in [5.74, 6) is -0.789. The summed E-state index contributed by atoms with van der Waals surface area (Å²) >= 11 is 0. The minimum atomic E-state index is -0.885. The van der Waals surface area contributed by atoms with E-state index in [1.807, 2.05) is 30.3 Å². The number of fused-ring (bicyclic) bond motifs is 1. The standard InChI is InChI=1S/C23H28N2O4/c1-16(22(27)24-14-17-7-3-2-4-8-17)29-21(26)15-25-23(28)20-12-11-18-9-5-6-10-19(18)13-20/h5-6,9-13,16-17H,2-4,7-8,14-15H2,1H3,(H,24,27)(H,25,28)/t16-/m0/s1. The molecule has 6 nitrogen and oxygen atoms in total. The van der Waals surface area contributed by atoms with Crippen molar-refractivity contribution in [1.82, 2.24) is 10.6 Å². The fourth-order valence-electron chi connectivity index (χ4n) is 3.66. The fourth-order valence-corrected chi connectivity index (χ4v) is 3.66. The Labute approximate surface area is 171 Å². The van der Waals surface area contributed by atoms with Crippen LogP contribution in [0.15, 0.2) is 42.5 Å². The average Bonchev–Trinajstić information content (AvgIpc) is 2.76. The second kappa shape index (κ2) is 10.0. The van der Waals surface area contributed by atoms with Crippen LogP contribution in [0, 0.1) is 5.92 Å². The summed E-state index contributed by atoms with van der Waals surface area (Å²) in [6.07, 6.45) is 5.07. The van der Waals surface area contributed by atoms with Crippen LogP contribution in [0.1, 0.15) is 49.4 Å². The van der Waals surface area contributed by atoms with Crippen molar-refractivity contribution in [2.24, 2.45) is 5.92 Å².